The quantitative estimate of drug-likeness (QED) is 0.738. The number of halogens is 1. The van der Waals surface area contributed by atoms with Gasteiger partial charge in [-0.2, -0.15) is 0 Å². The van der Waals surface area contributed by atoms with Crippen LogP contribution in [0.1, 0.15) is 26.7 Å². The molecule has 0 aliphatic rings. The highest BCUT2D eigenvalue weighted by Gasteiger charge is 2.15. The van der Waals surface area contributed by atoms with Crippen LogP contribution in [-0.4, -0.2) is 41.7 Å². The van der Waals surface area contributed by atoms with E-state index < -0.39 is 0 Å². The molecular weight excluding hydrogens is 322 g/mol. The zero-order chi connectivity index (χ0) is 15.0. The predicted octanol–water partition coefficient (Wildman–Crippen LogP) is 2.84. The minimum Gasteiger partial charge on any atom is -0.494 e. The van der Waals surface area contributed by atoms with Crippen molar-refractivity contribution >= 4 is 21.8 Å². The van der Waals surface area contributed by atoms with E-state index >= 15 is 0 Å². The molecule has 0 aliphatic carbocycles. The number of aliphatic hydroxyl groups is 1. The van der Waals surface area contributed by atoms with E-state index in [1.165, 1.54) is 0 Å². The highest BCUT2D eigenvalue weighted by molar-refractivity contribution is 9.10. The molecule has 112 valence electrons. The maximum atomic E-state index is 12.0. The first kappa shape index (κ1) is 17.0. The fourth-order valence-electron chi connectivity index (χ4n) is 1.87. The summed E-state index contributed by atoms with van der Waals surface area (Å²) in [5, 5.41) is 8.95. The van der Waals surface area contributed by atoms with Crippen LogP contribution < -0.4 is 4.74 Å². The molecule has 1 aromatic rings. The van der Waals surface area contributed by atoms with E-state index in [1.54, 1.807) is 4.90 Å². The largest absolute Gasteiger partial charge is 0.494 e. The Hall–Kier alpha value is -1.07. The van der Waals surface area contributed by atoms with Crippen molar-refractivity contribution in [3.05, 3.63) is 28.7 Å². The van der Waals surface area contributed by atoms with Crippen LogP contribution in [0.5, 0.6) is 5.75 Å². The second kappa shape index (κ2) is 8.97. The third-order valence-electron chi connectivity index (χ3n) is 2.90. The summed E-state index contributed by atoms with van der Waals surface area (Å²) in [5.74, 6) is 0.866. The standard InChI is InChI=1S/C15H22BrNO3/c1-12(2)17(9-10-18)15(19)4-3-11-20-14-7-5-13(16)6-8-14/h5-8,12,18H,3-4,9-11H2,1-2H3. The van der Waals surface area contributed by atoms with Gasteiger partial charge in [-0.1, -0.05) is 15.9 Å². The molecule has 0 heterocycles. The van der Waals surface area contributed by atoms with E-state index in [2.05, 4.69) is 15.9 Å². The number of nitrogens with zero attached hydrogens (tertiary/aromatic N) is 1. The van der Waals surface area contributed by atoms with Gasteiger partial charge in [0.2, 0.25) is 5.91 Å². The average molecular weight is 344 g/mol. The lowest BCUT2D eigenvalue weighted by Crippen LogP contribution is -2.39. The molecule has 0 bridgehead atoms. The monoisotopic (exact) mass is 343 g/mol. The summed E-state index contributed by atoms with van der Waals surface area (Å²) < 4.78 is 6.58. The fraction of sp³-hybridized carbons (Fsp3) is 0.533. The minimum atomic E-state index is -0.000681. The van der Waals surface area contributed by atoms with Crippen molar-refractivity contribution in [3.63, 3.8) is 0 Å². The van der Waals surface area contributed by atoms with Crippen LogP contribution in [-0.2, 0) is 4.79 Å². The third kappa shape index (κ3) is 5.92. The van der Waals surface area contributed by atoms with Gasteiger partial charge in [0.15, 0.2) is 0 Å². The molecule has 0 aliphatic heterocycles. The summed E-state index contributed by atoms with van der Waals surface area (Å²) in [6, 6.07) is 7.72. The molecule has 1 N–H and O–H groups in total. The molecule has 0 spiro atoms. The van der Waals surface area contributed by atoms with Crippen molar-refractivity contribution in [2.45, 2.75) is 32.7 Å². The van der Waals surface area contributed by atoms with E-state index in [-0.39, 0.29) is 18.6 Å². The molecule has 1 rings (SSSR count). The fourth-order valence-corrected chi connectivity index (χ4v) is 2.13. The molecule has 0 unspecified atom stereocenters. The Morgan fingerprint density at radius 3 is 2.55 bits per heavy atom. The number of carbonyl (C=O) groups excluding carboxylic acids is 1. The van der Waals surface area contributed by atoms with Crippen LogP contribution >= 0.6 is 15.9 Å². The maximum Gasteiger partial charge on any atom is 0.223 e. The number of hydrogen-bond acceptors (Lipinski definition) is 3. The first-order valence-electron chi connectivity index (χ1n) is 6.83. The van der Waals surface area contributed by atoms with Gasteiger partial charge >= 0.3 is 0 Å². The zero-order valence-electron chi connectivity index (χ0n) is 12.0. The van der Waals surface area contributed by atoms with Crippen molar-refractivity contribution < 1.29 is 14.6 Å². The first-order chi connectivity index (χ1) is 9.54. The van der Waals surface area contributed by atoms with Gasteiger partial charge in [-0.3, -0.25) is 4.79 Å². The van der Waals surface area contributed by atoms with Crippen LogP contribution in [0.4, 0.5) is 0 Å². The molecule has 0 saturated carbocycles. The molecule has 0 radical (unpaired) electrons. The molecule has 0 aromatic heterocycles. The van der Waals surface area contributed by atoms with E-state index in [4.69, 9.17) is 9.84 Å². The lowest BCUT2D eigenvalue weighted by molar-refractivity contribution is -0.133. The van der Waals surface area contributed by atoms with Gasteiger partial charge in [-0.15, -0.1) is 0 Å². The van der Waals surface area contributed by atoms with Crippen LogP contribution in [0.2, 0.25) is 0 Å². The Morgan fingerprint density at radius 1 is 1.35 bits per heavy atom. The Labute approximate surface area is 128 Å². The number of carbonyl (C=O) groups is 1. The van der Waals surface area contributed by atoms with Gasteiger partial charge < -0.3 is 14.7 Å². The molecule has 20 heavy (non-hydrogen) atoms. The predicted molar refractivity (Wildman–Crippen MR) is 82.8 cm³/mol. The number of rotatable bonds is 8. The van der Waals surface area contributed by atoms with E-state index in [0.29, 0.717) is 26.0 Å². The van der Waals surface area contributed by atoms with E-state index in [1.807, 2.05) is 38.1 Å². The van der Waals surface area contributed by atoms with Crippen LogP contribution in [0, 0.1) is 0 Å². The number of amides is 1. The molecule has 1 aromatic carbocycles. The molecule has 1 amide bonds. The van der Waals surface area contributed by atoms with Gasteiger partial charge in [0.05, 0.1) is 13.2 Å². The Morgan fingerprint density at radius 2 is 2.00 bits per heavy atom. The smallest absolute Gasteiger partial charge is 0.223 e. The third-order valence-corrected chi connectivity index (χ3v) is 3.43. The second-order valence-corrected chi connectivity index (χ2v) is 5.73. The summed E-state index contributed by atoms with van der Waals surface area (Å²) in [6.45, 7) is 4.81. The molecule has 0 fully saturated rings. The highest BCUT2D eigenvalue weighted by atomic mass is 79.9. The topological polar surface area (TPSA) is 49.8 Å². The maximum absolute atomic E-state index is 12.0. The van der Waals surface area contributed by atoms with Crippen molar-refractivity contribution in [2.75, 3.05) is 19.8 Å². The summed E-state index contributed by atoms with van der Waals surface area (Å²) in [5.41, 5.74) is 0. The lowest BCUT2D eigenvalue weighted by Gasteiger charge is -2.26. The number of hydrogen-bond donors (Lipinski definition) is 1. The average Bonchev–Trinajstić information content (AvgIpc) is 2.42. The summed E-state index contributed by atoms with van der Waals surface area (Å²) >= 11 is 3.36. The Kier molecular flexibility index (Phi) is 7.62. The zero-order valence-corrected chi connectivity index (χ0v) is 13.6. The van der Waals surface area contributed by atoms with E-state index in [9.17, 15) is 4.79 Å². The van der Waals surface area contributed by atoms with Gasteiger partial charge in [-0.05, 0) is 44.5 Å². The van der Waals surface area contributed by atoms with Crippen molar-refractivity contribution in [2.24, 2.45) is 0 Å². The number of ether oxygens (including phenoxy) is 1. The van der Waals surface area contributed by atoms with Crippen LogP contribution in [0.25, 0.3) is 0 Å². The highest BCUT2D eigenvalue weighted by Crippen LogP contribution is 2.16. The molecule has 0 saturated heterocycles. The lowest BCUT2D eigenvalue weighted by atomic mass is 10.2. The van der Waals surface area contributed by atoms with Crippen LogP contribution in [0.15, 0.2) is 28.7 Å². The normalized spacial score (nSPS) is 10.7. The first-order valence-corrected chi connectivity index (χ1v) is 7.62. The SMILES string of the molecule is CC(C)N(CCO)C(=O)CCCOc1ccc(Br)cc1. The van der Waals surface area contributed by atoms with Crippen molar-refractivity contribution in [3.8, 4) is 5.75 Å². The second-order valence-electron chi connectivity index (χ2n) is 4.81. The van der Waals surface area contributed by atoms with Crippen molar-refractivity contribution in [1.29, 1.82) is 0 Å². The minimum absolute atomic E-state index is 0.000681. The van der Waals surface area contributed by atoms with Gasteiger partial charge in [0.25, 0.3) is 0 Å². The summed E-state index contributed by atoms with van der Waals surface area (Å²) in [7, 11) is 0. The van der Waals surface area contributed by atoms with Crippen molar-refractivity contribution in [1.82, 2.24) is 4.90 Å². The Balaban J connectivity index is 2.29. The molecule has 0 atom stereocenters. The van der Waals surface area contributed by atoms with Gasteiger partial charge in [-0.25, -0.2) is 0 Å². The molecular formula is C15H22BrNO3. The van der Waals surface area contributed by atoms with Gasteiger partial charge in [0.1, 0.15) is 5.75 Å². The number of aliphatic hydroxyl groups excluding tert-OH is 1. The molecule has 5 heteroatoms. The summed E-state index contributed by atoms with van der Waals surface area (Å²) in [6.07, 6.45) is 1.11. The van der Waals surface area contributed by atoms with Gasteiger partial charge in [0, 0.05) is 23.5 Å². The molecule has 4 nitrogen and oxygen atoms in total. The Bertz CT molecular complexity index is 406. The van der Waals surface area contributed by atoms with E-state index in [0.717, 1.165) is 10.2 Å². The van der Waals surface area contributed by atoms with Crippen LogP contribution in [0.3, 0.4) is 0 Å². The number of benzene rings is 1. The summed E-state index contributed by atoms with van der Waals surface area (Å²) in [4.78, 5) is 13.7.